The number of rotatable bonds is 6. The van der Waals surface area contributed by atoms with E-state index in [4.69, 9.17) is 22.5 Å². The van der Waals surface area contributed by atoms with E-state index in [1.165, 1.54) is 0 Å². The van der Waals surface area contributed by atoms with Crippen LogP contribution < -0.4 is 10.5 Å². The van der Waals surface area contributed by atoms with Gasteiger partial charge in [0.1, 0.15) is 5.25 Å². The van der Waals surface area contributed by atoms with Crippen molar-refractivity contribution in [2.24, 2.45) is 5.73 Å². The minimum atomic E-state index is -3.60. The largest absolute Gasteiger partial charge is 0.392 e. The Bertz CT molecular complexity index is 497. The molecule has 0 aliphatic carbocycles. The van der Waals surface area contributed by atoms with Crippen LogP contribution in [0.2, 0.25) is 0 Å². The number of hydrogen-bond donors (Lipinski definition) is 2. The zero-order valence-electron chi connectivity index (χ0n) is 9.50. The van der Waals surface area contributed by atoms with E-state index in [0.29, 0.717) is 12.3 Å². The van der Waals surface area contributed by atoms with Gasteiger partial charge >= 0.3 is 0 Å². The predicted octanol–water partition coefficient (Wildman–Crippen LogP) is -0.138. The minimum Gasteiger partial charge on any atom is -0.392 e. The van der Waals surface area contributed by atoms with Gasteiger partial charge in [-0.05, 0) is 6.42 Å². The third-order valence-electron chi connectivity index (χ3n) is 2.06. The highest BCUT2D eigenvalue weighted by Crippen LogP contribution is 2.05. The van der Waals surface area contributed by atoms with Crippen molar-refractivity contribution in [3.8, 4) is 0 Å². The van der Waals surface area contributed by atoms with Crippen LogP contribution in [0.4, 0.5) is 0 Å². The fourth-order valence-electron chi connectivity index (χ4n) is 1.25. The van der Waals surface area contributed by atoms with Crippen LogP contribution in [0.15, 0.2) is 4.52 Å². The summed E-state index contributed by atoms with van der Waals surface area (Å²) >= 11 is 4.71. The quantitative estimate of drug-likeness (QED) is 0.697. The molecular weight excluding hydrogens is 264 g/mol. The van der Waals surface area contributed by atoms with Crippen molar-refractivity contribution < 1.29 is 12.9 Å². The molecule has 96 valence electrons. The Hall–Kier alpha value is -1.06. The van der Waals surface area contributed by atoms with Gasteiger partial charge in [-0.3, -0.25) is 0 Å². The molecule has 1 aromatic rings. The summed E-state index contributed by atoms with van der Waals surface area (Å²) in [5.74, 6) is 0.643. The van der Waals surface area contributed by atoms with Crippen molar-refractivity contribution in [2.45, 2.75) is 32.1 Å². The molecule has 1 atom stereocenters. The predicted molar refractivity (Wildman–Crippen MR) is 65.7 cm³/mol. The van der Waals surface area contributed by atoms with E-state index in [0.717, 1.165) is 0 Å². The highest BCUT2D eigenvalue weighted by atomic mass is 32.2. The van der Waals surface area contributed by atoms with Crippen molar-refractivity contribution in [1.29, 1.82) is 0 Å². The van der Waals surface area contributed by atoms with E-state index in [1.54, 1.807) is 13.8 Å². The number of aromatic nitrogens is 2. The van der Waals surface area contributed by atoms with Gasteiger partial charge in [0.15, 0.2) is 5.82 Å². The topological polar surface area (TPSA) is 111 Å². The first-order chi connectivity index (χ1) is 7.86. The third kappa shape index (κ3) is 3.72. The monoisotopic (exact) mass is 278 g/mol. The van der Waals surface area contributed by atoms with E-state index in [1.807, 2.05) is 0 Å². The lowest BCUT2D eigenvalue weighted by Crippen LogP contribution is -2.41. The summed E-state index contributed by atoms with van der Waals surface area (Å²) in [5, 5.41) is 2.69. The van der Waals surface area contributed by atoms with Crippen LogP contribution in [0.1, 0.15) is 25.1 Å². The molecule has 0 aliphatic heterocycles. The lowest BCUT2D eigenvalue weighted by molar-refractivity contribution is 0.387. The van der Waals surface area contributed by atoms with Gasteiger partial charge in [-0.15, -0.1) is 0 Å². The molecule has 0 bridgehead atoms. The van der Waals surface area contributed by atoms with Crippen LogP contribution in [0, 0.1) is 6.92 Å². The van der Waals surface area contributed by atoms with E-state index in [-0.39, 0.29) is 17.4 Å². The van der Waals surface area contributed by atoms with E-state index in [2.05, 4.69) is 14.9 Å². The molecule has 1 rings (SSSR count). The van der Waals surface area contributed by atoms with Gasteiger partial charge in [-0.1, -0.05) is 24.3 Å². The molecule has 1 aromatic heterocycles. The third-order valence-corrected chi connectivity index (χ3v) is 4.38. The second-order valence-electron chi connectivity index (χ2n) is 3.40. The molecule has 9 heteroatoms. The first-order valence-corrected chi connectivity index (χ1v) is 6.89. The van der Waals surface area contributed by atoms with E-state index >= 15 is 0 Å². The van der Waals surface area contributed by atoms with Crippen molar-refractivity contribution in [3.63, 3.8) is 0 Å². The summed E-state index contributed by atoms with van der Waals surface area (Å²) in [6, 6.07) is 0. The van der Waals surface area contributed by atoms with Crippen LogP contribution >= 0.6 is 12.2 Å². The molecule has 7 nitrogen and oxygen atoms in total. The van der Waals surface area contributed by atoms with Gasteiger partial charge in [-0.25, -0.2) is 13.1 Å². The Labute approximate surface area is 105 Å². The molecule has 0 saturated carbocycles. The van der Waals surface area contributed by atoms with Crippen LogP contribution in [-0.2, 0) is 16.6 Å². The second-order valence-corrected chi connectivity index (χ2v) is 5.81. The Balaban J connectivity index is 2.70. The Morgan fingerprint density at radius 1 is 1.65 bits per heavy atom. The van der Waals surface area contributed by atoms with Crippen LogP contribution in [0.5, 0.6) is 0 Å². The average Bonchev–Trinajstić information content (AvgIpc) is 2.61. The standard InChI is InChI=1S/C8H14N4O3S2/c1-3-6(8(9)16)17(13,14)10-4-7-11-5(2)15-12-7/h6,10H,3-4H2,1-2H3,(H2,9,16). The van der Waals surface area contributed by atoms with Gasteiger partial charge in [0.25, 0.3) is 0 Å². The molecule has 0 amide bonds. The summed E-state index contributed by atoms with van der Waals surface area (Å²) in [5.41, 5.74) is 5.37. The summed E-state index contributed by atoms with van der Waals surface area (Å²) < 4.78 is 30.7. The number of aryl methyl sites for hydroxylation is 1. The highest BCUT2D eigenvalue weighted by Gasteiger charge is 2.26. The summed E-state index contributed by atoms with van der Waals surface area (Å²) in [4.78, 5) is 3.82. The second kappa shape index (κ2) is 5.52. The van der Waals surface area contributed by atoms with Crippen LogP contribution in [0.25, 0.3) is 0 Å². The zero-order chi connectivity index (χ0) is 13.1. The maximum absolute atomic E-state index is 11.8. The highest BCUT2D eigenvalue weighted by molar-refractivity contribution is 7.93. The van der Waals surface area contributed by atoms with Gasteiger partial charge in [-0.2, -0.15) is 4.98 Å². The molecule has 1 heterocycles. The molecular formula is C8H14N4O3S2. The first kappa shape index (κ1) is 14.0. The van der Waals surface area contributed by atoms with Crippen LogP contribution in [0.3, 0.4) is 0 Å². The normalized spacial score (nSPS) is 13.5. The lowest BCUT2D eigenvalue weighted by atomic mass is 10.3. The Kier molecular flexibility index (Phi) is 4.54. The van der Waals surface area contributed by atoms with E-state index < -0.39 is 15.3 Å². The molecule has 17 heavy (non-hydrogen) atoms. The lowest BCUT2D eigenvalue weighted by Gasteiger charge is -2.14. The SMILES string of the molecule is CCC(C(N)=S)S(=O)(=O)NCc1noc(C)n1. The average molecular weight is 278 g/mol. The van der Waals surface area contributed by atoms with Gasteiger partial charge in [0.05, 0.1) is 11.5 Å². The molecule has 1 unspecified atom stereocenters. The number of nitrogens with one attached hydrogen (secondary N) is 1. The van der Waals surface area contributed by atoms with Crippen molar-refractivity contribution in [3.05, 3.63) is 11.7 Å². The number of sulfonamides is 1. The number of thiocarbonyl (C=S) groups is 1. The molecule has 0 spiro atoms. The molecule has 3 N–H and O–H groups in total. The minimum absolute atomic E-state index is 0.0429. The number of hydrogen-bond acceptors (Lipinski definition) is 6. The fourth-order valence-corrected chi connectivity index (χ4v) is 3.08. The summed E-state index contributed by atoms with van der Waals surface area (Å²) in [6.07, 6.45) is 0.315. The summed E-state index contributed by atoms with van der Waals surface area (Å²) in [7, 11) is -3.60. The first-order valence-electron chi connectivity index (χ1n) is 4.93. The molecule has 0 aliphatic rings. The molecule has 0 saturated heterocycles. The summed E-state index contributed by atoms with van der Waals surface area (Å²) in [6.45, 7) is 3.27. The molecule has 0 radical (unpaired) electrons. The van der Waals surface area contributed by atoms with E-state index in [9.17, 15) is 8.42 Å². The molecule has 0 aromatic carbocycles. The van der Waals surface area contributed by atoms with Crippen molar-refractivity contribution >= 4 is 27.2 Å². The van der Waals surface area contributed by atoms with Gasteiger partial charge < -0.3 is 10.3 Å². The smallest absolute Gasteiger partial charge is 0.223 e. The Morgan fingerprint density at radius 2 is 2.29 bits per heavy atom. The molecule has 0 fully saturated rings. The van der Waals surface area contributed by atoms with Gasteiger partial charge in [0.2, 0.25) is 15.9 Å². The number of nitrogens with zero attached hydrogens (tertiary/aromatic N) is 2. The van der Waals surface area contributed by atoms with Crippen molar-refractivity contribution in [1.82, 2.24) is 14.9 Å². The van der Waals surface area contributed by atoms with Gasteiger partial charge in [0, 0.05) is 6.92 Å². The zero-order valence-corrected chi connectivity index (χ0v) is 11.1. The Morgan fingerprint density at radius 3 is 2.71 bits per heavy atom. The fraction of sp³-hybridized carbons (Fsp3) is 0.625. The van der Waals surface area contributed by atoms with Crippen LogP contribution in [-0.4, -0.2) is 28.8 Å². The van der Waals surface area contributed by atoms with Crippen molar-refractivity contribution in [2.75, 3.05) is 0 Å². The maximum atomic E-state index is 11.8. The number of nitrogens with two attached hydrogens (primary N) is 1. The maximum Gasteiger partial charge on any atom is 0.223 e.